The summed E-state index contributed by atoms with van der Waals surface area (Å²) in [7, 11) is 0. The third-order valence-electron chi connectivity index (χ3n) is 4.42. The molecule has 136 valence electrons. The molecule has 0 aliphatic rings. The third-order valence-corrected chi connectivity index (χ3v) is 4.42. The molecule has 0 saturated carbocycles. The van der Waals surface area contributed by atoms with E-state index in [-0.39, 0.29) is 24.2 Å². The maximum Gasteiger partial charge on any atom is 0.224 e. The summed E-state index contributed by atoms with van der Waals surface area (Å²) in [5.74, 6) is -0.309. The first-order valence-corrected chi connectivity index (χ1v) is 8.68. The SMILES string of the molecule is Cc1nc2c(-c3ccc(F)cc3)c(C)nn2c(C)c1CC(=O)NC(C)C. The van der Waals surface area contributed by atoms with Crippen LogP contribution in [0, 0.1) is 26.6 Å². The van der Waals surface area contributed by atoms with Crippen molar-refractivity contribution in [3.05, 3.63) is 52.7 Å². The summed E-state index contributed by atoms with van der Waals surface area (Å²) < 4.78 is 15.0. The second-order valence-electron chi connectivity index (χ2n) is 6.86. The average molecular weight is 354 g/mol. The first kappa shape index (κ1) is 18.0. The van der Waals surface area contributed by atoms with Crippen LogP contribution >= 0.6 is 0 Å². The summed E-state index contributed by atoms with van der Waals surface area (Å²) in [6.07, 6.45) is 0.267. The van der Waals surface area contributed by atoms with Gasteiger partial charge in [-0.3, -0.25) is 4.79 Å². The van der Waals surface area contributed by atoms with Crippen LogP contribution in [0.15, 0.2) is 24.3 Å². The summed E-state index contributed by atoms with van der Waals surface area (Å²) in [5, 5.41) is 7.52. The highest BCUT2D eigenvalue weighted by Gasteiger charge is 2.19. The lowest BCUT2D eigenvalue weighted by atomic mass is 10.0. The molecule has 0 spiro atoms. The molecule has 1 N–H and O–H groups in total. The van der Waals surface area contributed by atoms with Gasteiger partial charge in [-0.1, -0.05) is 12.1 Å². The number of carbonyl (C=O) groups is 1. The normalized spacial score (nSPS) is 11.3. The Morgan fingerprint density at radius 3 is 2.42 bits per heavy atom. The topological polar surface area (TPSA) is 59.3 Å². The fourth-order valence-electron chi connectivity index (χ4n) is 3.21. The maximum absolute atomic E-state index is 13.3. The first-order chi connectivity index (χ1) is 12.3. The number of aromatic nitrogens is 3. The van der Waals surface area contributed by atoms with Crippen LogP contribution in [0.25, 0.3) is 16.8 Å². The lowest BCUT2D eigenvalue weighted by Crippen LogP contribution is -2.32. The van der Waals surface area contributed by atoms with E-state index in [0.717, 1.165) is 39.4 Å². The lowest BCUT2D eigenvalue weighted by Gasteiger charge is -2.13. The van der Waals surface area contributed by atoms with Crippen LogP contribution in [-0.2, 0) is 11.2 Å². The summed E-state index contributed by atoms with van der Waals surface area (Å²) in [6.45, 7) is 9.63. The van der Waals surface area contributed by atoms with Gasteiger partial charge in [0.2, 0.25) is 5.91 Å². The van der Waals surface area contributed by atoms with Gasteiger partial charge in [-0.25, -0.2) is 13.9 Å². The van der Waals surface area contributed by atoms with Crippen molar-refractivity contribution in [1.82, 2.24) is 19.9 Å². The highest BCUT2D eigenvalue weighted by Crippen LogP contribution is 2.29. The van der Waals surface area contributed by atoms with Crippen molar-refractivity contribution in [2.24, 2.45) is 0 Å². The minimum atomic E-state index is -0.276. The first-order valence-electron chi connectivity index (χ1n) is 8.68. The molecule has 6 heteroatoms. The summed E-state index contributed by atoms with van der Waals surface area (Å²) in [4.78, 5) is 16.9. The number of hydrogen-bond acceptors (Lipinski definition) is 3. The van der Waals surface area contributed by atoms with Crippen LogP contribution < -0.4 is 5.32 Å². The maximum atomic E-state index is 13.3. The van der Waals surface area contributed by atoms with E-state index >= 15 is 0 Å². The van der Waals surface area contributed by atoms with E-state index in [1.165, 1.54) is 12.1 Å². The van der Waals surface area contributed by atoms with Gasteiger partial charge in [0.1, 0.15) is 5.82 Å². The average Bonchev–Trinajstić information content (AvgIpc) is 2.88. The number of hydrogen-bond donors (Lipinski definition) is 1. The van der Waals surface area contributed by atoms with Gasteiger partial charge in [-0.05, 0) is 52.3 Å². The Labute approximate surface area is 152 Å². The Balaban J connectivity index is 2.11. The number of benzene rings is 1. The van der Waals surface area contributed by atoms with Crippen LogP contribution in [0.2, 0.25) is 0 Å². The second kappa shape index (κ2) is 6.86. The minimum Gasteiger partial charge on any atom is -0.354 e. The highest BCUT2D eigenvalue weighted by molar-refractivity contribution is 5.82. The highest BCUT2D eigenvalue weighted by atomic mass is 19.1. The van der Waals surface area contributed by atoms with Crippen molar-refractivity contribution in [2.75, 3.05) is 0 Å². The monoisotopic (exact) mass is 354 g/mol. The van der Waals surface area contributed by atoms with Gasteiger partial charge in [0, 0.05) is 28.6 Å². The summed E-state index contributed by atoms with van der Waals surface area (Å²) in [6, 6.07) is 6.42. The van der Waals surface area contributed by atoms with E-state index < -0.39 is 0 Å². The molecule has 0 bridgehead atoms. The van der Waals surface area contributed by atoms with Crippen LogP contribution in [0.4, 0.5) is 4.39 Å². The number of nitrogens with zero attached hydrogens (tertiary/aromatic N) is 3. The molecule has 1 amide bonds. The molecule has 0 unspecified atom stereocenters. The molecule has 2 aromatic heterocycles. The predicted octanol–water partition coefficient (Wildman–Crippen LogP) is 3.53. The fraction of sp³-hybridized carbons (Fsp3) is 0.350. The Hall–Kier alpha value is -2.76. The molecule has 0 aliphatic carbocycles. The van der Waals surface area contributed by atoms with E-state index in [4.69, 9.17) is 4.98 Å². The van der Waals surface area contributed by atoms with Gasteiger partial charge >= 0.3 is 0 Å². The van der Waals surface area contributed by atoms with Crippen molar-refractivity contribution in [2.45, 2.75) is 47.1 Å². The number of halogens is 1. The van der Waals surface area contributed by atoms with E-state index in [1.54, 1.807) is 16.6 Å². The molecule has 2 heterocycles. The van der Waals surface area contributed by atoms with Gasteiger partial charge < -0.3 is 5.32 Å². The number of amides is 1. The molecule has 26 heavy (non-hydrogen) atoms. The van der Waals surface area contributed by atoms with Crippen molar-refractivity contribution in [3.63, 3.8) is 0 Å². The quantitative estimate of drug-likeness (QED) is 0.780. The summed E-state index contributed by atoms with van der Waals surface area (Å²) in [5.41, 5.74) is 5.86. The number of aryl methyl sites for hydroxylation is 3. The van der Waals surface area contributed by atoms with Crippen molar-refractivity contribution < 1.29 is 9.18 Å². The van der Waals surface area contributed by atoms with Crippen LogP contribution in [0.5, 0.6) is 0 Å². The third kappa shape index (κ3) is 3.31. The van der Waals surface area contributed by atoms with Gasteiger partial charge in [-0.15, -0.1) is 0 Å². The van der Waals surface area contributed by atoms with E-state index in [1.807, 2.05) is 34.6 Å². The smallest absolute Gasteiger partial charge is 0.224 e. The molecule has 1 aromatic carbocycles. The molecule has 0 atom stereocenters. The molecular formula is C20H23FN4O. The number of fused-ring (bicyclic) bond motifs is 1. The fourth-order valence-corrected chi connectivity index (χ4v) is 3.21. The van der Waals surface area contributed by atoms with E-state index in [0.29, 0.717) is 0 Å². The van der Waals surface area contributed by atoms with Crippen LogP contribution in [0.3, 0.4) is 0 Å². The van der Waals surface area contributed by atoms with Crippen molar-refractivity contribution in [1.29, 1.82) is 0 Å². The Morgan fingerprint density at radius 2 is 1.81 bits per heavy atom. The molecule has 3 aromatic rings. The van der Waals surface area contributed by atoms with E-state index in [2.05, 4.69) is 10.4 Å². The largest absolute Gasteiger partial charge is 0.354 e. The zero-order chi connectivity index (χ0) is 19.0. The zero-order valence-corrected chi connectivity index (χ0v) is 15.7. The Morgan fingerprint density at radius 1 is 1.15 bits per heavy atom. The molecule has 0 radical (unpaired) electrons. The Bertz CT molecular complexity index is 974. The van der Waals surface area contributed by atoms with Gasteiger partial charge in [0.25, 0.3) is 0 Å². The number of carbonyl (C=O) groups excluding carboxylic acids is 1. The minimum absolute atomic E-state index is 0.0324. The number of nitrogens with one attached hydrogen (secondary N) is 1. The van der Waals surface area contributed by atoms with Crippen molar-refractivity contribution >= 4 is 11.6 Å². The molecule has 0 fully saturated rings. The van der Waals surface area contributed by atoms with Crippen LogP contribution in [-0.4, -0.2) is 26.5 Å². The van der Waals surface area contributed by atoms with Gasteiger partial charge in [0.15, 0.2) is 5.65 Å². The molecular weight excluding hydrogens is 331 g/mol. The summed E-state index contributed by atoms with van der Waals surface area (Å²) >= 11 is 0. The van der Waals surface area contributed by atoms with Gasteiger partial charge in [0.05, 0.1) is 12.1 Å². The zero-order valence-electron chi connectivity index (χ0n) is 15.7. The molecule has 3 rings (SSSR count). The molecule has 0 aliphatic heterocycles. The predicted molar refractivity (Wildman–Crippen MR) is 99.6 cm³/mol. The Kier molecular flexibility index (Phi) is 4.76. The van der Waals surface area contributed by atoms with Crippen molar-refractivity contribution in [3.8, 4) is 11.1 Å². The van der Waals surface area contributed by atoms with Crippen LogP contribution in [0.1, 0.15) is 36.5 Å². The van der Waals surface area contributed by atoms with Gasteiger partial charge in [-0.2, -0.15) is 5.10 Å². The van der Waals surface area contributed by atoms with E-state index in [9.17, 15) is 9.18 Å². The molecule has 5 nitrogen and oxygen atoms in total. The number of rotatable bonds is 4. The standard InChI is InChI=1S/C20H23FN4O/c1-11(2)22-18(26)10-17-12(3)23-20-19(13(4)24-25(20)14(17)5)15-6-8-16(21)9-7-15/h6-9,11H,10H2,1-5H3,(H,22,26). The molecule has 0 saturated heterocycles. The second-order valence-corrected chi connectivity index (χ2v) is 6.86. The lowest BCUT2D eigenvalue weighted by molar-refractivity contribution is -0.120.